The number of nitrogens with one attached hydrogen (secondary N) is 1. The average Bonchev–Trinajstić information content (AvgIpc) is 2.72. The molecule has 0 aromatic heterocycles. The van der Waals surface area contributed by atoms with Gasteiger partial charge >= 0.3 is 5.97 Å². The van der Waals surface area contributed by atoms with Crippen LogP contribution in [0.1, 0.15) is 24.0 Å². The first-order valence-electron chi connectivity index (χ1n) is 9.39. The molecule has 0 atom stereocenters. The molecule has 5 nitrogen and oxygen atoms in total. The summed E-state index contributed by atoms with van der Waals surface area (Å²) in [5, 5.41) is 13.5. The number of hydrogen-bond donors (Lipinski definition) is 2. The van der Waals surface area contributed by atoms with Crippen molar-refractivity contribution in [1.29, 1.82) is 0 Å². The van der Waals surface area contributed by atoms with Gasteiger partial charge in [-0.1, -0.05) is 42.5 Å². The molecule has 0 spiro atoms. The second-order valence-corrected chi connectivity index (χ2v) is 6.67. The van der Waals surface area contributed by atoms with Crippen molar-refractivity contribution in [3.05, 3.63) is 77.6 Å². The standard InChI is InChI=1S/C23H22FNO4/c24-18-8-5-16(6-9-18)15-29-21-10-7-17-3-1-2-4-19(17)20(21)13-14-25-22(26)11-12-23(27)28/h1-10H,11-15H2,(H,25,26)(H,27,28). The number of halogens is 1. The zero-order chi connectivity index (χ0) is 20.6. The number of benzene rings is 3. The predicted molar refractivity (Wildman–Crippen MR) is 108 cm³/mol. The van der Waals surface area contributed by atoms with Crippen LogP contribution in [0.2, 0.25) is 0 Å². The van der Waals surface area contributed by atoms with Crippen molar-refractivity contribution in [3.63, 3.8) is 0 Å². The van der Waals surface area contributed by atoms with Crippen LogP contribution >= 0.6 is 0 Å². The van der Waals surface area contributed by atoms with Crippen LogP contribution in [0.5, 0.6) is 5.75 Å². The summed E-state index contributed by atoms with van der Waals surface area (Å²) in [7, 11) is 0. The van der Waals surface area contributed by atoms with Gasteiger partial charge in [0.2, 0.25) is 5.91 Å². The SMILES string of the molecule is O=C(O)CCC(=O)NCCc1c(OCc2ccc(F)cc2)ccc2ccccc12. The molecule has 6 heteroatoms. The van der Waals surface area contributed by atoms with Crippen molar-refractivity contribution >= 4 is 22.6 Å². The Morgan fingerprint density at radius 1 is 0.966 bits per heavy atom. The number of carboxylic acids is 1. The van der Waals surface area contributed by atoms with Gasteiger partial charge in [-0.05, 0) is 41.0 Å². The van der Waals surface area contributed by atoms with Crippen LogP contribution in [0.3, 0.4) is 0 Å². The third kappa shape index (κ3) is 5.78. The molecule has 0 saturated carbocycles. The fraction of sp³-hybridized carbons (Fsp3) is 0.217. The topological polar surface area (TPSA) is 75.6 Å². The minimum atomic E-state index is -0.995. The van der Waals surface area contributed by atoms with Gasteiger partial charge in [0.15, 0.2) is 0 Å². The molecule has 3 rings (SSSR count). The van der Waals surface area contributed by atoms with Gasteiger partial charge in [0.1, 0.15) is 18.2 Å². The fourth-order valence-corrected chi connectivity index (χ4v) is 3.09. The van der Waals surface area contributed by atoms with E-state index in [1.54, 1.807) is 12.1 Å². The monoisotopic (exact) mass is 395 g/mol. The van der Waals surface area contributed by atoms with E-state index in [9.17, 15) is 14.0 Å². The third-order valence-corrected chi connectivity index (χ3v) is 4.57. The minimum absolute atomic E-state index is 0.0429. The summed E-state index contributed by atoms with van der Waals surface area (Å²) < 4.78 is 19.1. The lowest BCUT2D eigenvalue weighted by atomic mass is 10.0. The van der Waals surface area contributed by atoms with E-state index in [2.05, 4.69) is 5.32 Å². The maximum absolute atomic E-state index is 13.1. The maximum Gasteiger partial charge on any atom is 0.303 e. The molecule has 0 heterocycles. The minimum Gasteiger partial charge on any atom is -0.489 e. The smallest absolute Gasteiger partial charge is 0.303 e. The normalized spacial score (nSPS) is 10.7. The molecule has 29 heavy (non-hydrogen) atoms. The van der Waals surface area contributed by atoms with Crippen molar-refractivity contribution in [2.75, 3.05) is 6.54 Å². The van der Waals surface area contributed by atoms with E-state index in [0.29, 0.717) is 25.3 Å². The highest BCUT2D eigenvalue weighted by atomic mass is 19.1. The van der Waals surface area contributed by atoms with Crippen molar-refractivity contribution in [3.8, 4) is 5.75 Å². The van der Waals surface area contributed by atoms with Gasteiger partial charge in [-0.3, -0.25) is 9.59 Å². The highest BCUT2D eigenvalue weighted by Gasteiger charge is 2.11. The van der Waals surface area contributed by atoms with E-state index in [-0.39, 0.29) is 24.6 Å². The number of aliphatic carboxylic acids is 1. The highest BCUT2D eigenvalue weighted by molar-refractivity contribution is 5.88. The Kier molecular flexibility index (Phi) is 6.79. The summed E-state index contributed by atoms with van der Waals surface area (Å²) in [6.45, 7) is 0.677. The van der Waals surface area contributed by atoms with Crippen LogP contribution < -0.4 is 10.1 Å². The molecular weight excluding hydrogens is 373 g/mol. The summed E-state index contributed by atoms with van der Waals surface area (Å²) in [6.07, 6.45) is 0.309. The highest BCUT2D eigenvalue weighted by Crippen LogP contribution is 2.29. The molecule has 0 aliphatic rings. The zero-order valence-electron chi connectivity index (χ0n) is 15.9. The van der Waals surface area contributed by atoms with Crippen molar-refractivity contribution in [1.82, 2.24) is 5.32 Å². The van der Waals surface area contributed by atoms with E-state index in [1.165, 1.54) is 12.1 Å². The Hall–Kier alpha value is -3.41. The predicted octanol–water partition coefficient (Wildman–Crippen LogP) is 4.08. The van der Waals surface area contributed by atoms with Gasteiger partial charge in [-0.25, -0.2) is 4.39 Å². The van der Waals surface area contributed by atoms with Gasteiger partial charge < -0.3 is 15.2 Å². The number of hydrogen-bond acceptors (Lipinski definition) is 3. The van der Waals surface area contributed by atoms with Gasteiger partial charge in [0.25, 0.3) is 0 Å². The average molecular weight is 395 g/mol. The van der Waals surface area contributed by atoms with Gasteiger partial charge in [-0.2, -0.15) is 0 Å². The van der Waals surface area contributed by atoms with E-state index in [4.69, 9.17) is 9.84 Å². The summed E-state index contributed by atoms with van der Waals surface area (Å²) >= 11 is 0. The molecule has 0 saturated heterocycles. The lowest BCUT2D eigenvalue weighted by Crippen LogP contribution is -2.26. The van der Waals surface area contributed by atoms with Crippen LogP contribution in [-0.4, -0.2) is 23.5 Å². The first-order valence-corrected chi connectivity index (χ1v) is 9.39. The Morgan fingerprint density at radius 3 is 2.48 bits per heavy atom. The number of carbonyl (C=O) groups is 2. The number of ether oxygens (including phenoxy) is 1. The summed E-state index contributed by atoms with van der Waals surface area (Å²) in [5.74, 6) is -0.876. The Morgan fingerprint density at radius 2 is 1.72 bits per heavy atom. The number of amides is 1. The first kappa shape index (κ1) is 20.3. The third-order valence-electron chi connectivity index (χ3n) is 4.57. The zero-order valence-corrected chi connectivity index (χ0v) is 15.9. The first-order chi connectivity index (χ1) is 14.0. The van der Waals surface area contributed by atoms with E-state index >= 15 is 0 Å². The number of fused-ring (bicyclic) bond motifs is 1. The largest absolute Gasteiger partial charge is 0.489 e. The van der Waals surface area contributed by atoms with Gasteiger partial charge in [0, 0.05) is 18.5 Å². The van der Waals surface area contributed by atoms with Crippen molar-refractivity contribution in [2.24, 2.45) is 0 Å². The van der Waals surface area contributed by atoms with Crippen LogP contribution in [0.15, 0.2) is 60.7 Å². The number of carbonyl (C=O) groups excluding carboxylic acids is 1. The second-order valence-electron chi connectivity index (χ2n) is 6.67. The van der Waals surface area contributed by atoms with Crippen LogP contribution in [0.4, 0.5) is 4.39 Å². The maximum atomic E-state index is 13.1. The van der Waals surface area contributed by atoms with E-state index < -0.39 is 5.97 Å². The molecular formula is C23H22FNO4. The number of carboxylic acid groups (broad SMARTS) is 1. The molecule has 2 N–H and O–H groups in total. The van der Waals surface area contributed by atoms with Crippen molar-refractivity contribution < 1.29 is 23.8 Å². The molecule has 0 aliphatic heterocycles. The van der Waals surface area contributed by atoms with Crippen LogP contribution in [-0.2, 0) is 22.6 Å². The lowest BCUT2D eigenvalue weighted by Gasteiger charge is -2.15. The molecule has 0 aliphatic carbocycles. The molecule has 0 fully saturated rings. The Labute approximate surface area is 168 Å². The van der Waals surface area contributed by atoms with E-state index in [1.807, 2.05) is 36.4 Å². The summed E-state index contributed by atoms with van der Waals surface area (Å²) in [4.78, 5) is 22.4. The van der Waals surface area contributed by atoms with Gasteiger partial charge in [-0.15, -0.1) is 0 Å². The van der Waals surface area contributed by atoms with Crippen LogP contribution in [0, 0.1) is 5.82 Å². The molecule has 1 amide bonds. The molecule has 0 unspecified atom stereocenters. The van der Waals surface area contributed by atoms with E-state index in [0.717, 1.165) is 21.9 Å². The Balaban J connectivity index is 1.72. The summed E-state index contributed by atoms with van der Waals surface area (Å²) in [6, 6.07) is 17.9. The van der Waals surface area contributed by atoms with Crippen LogP contribution in [0.25, 0.3) is 10.8 Å². The molecule has 0 radical (unpaired) electrons. The summed E-state index contributed by atoms with van der Waals surface area (Å²) in [5.41, 5.74) is 1.82. The second kappa shape index (κ2) is 9.68. The Bertz CT molecular complexity index is 1000. The van der Waals surface area contributed by atoms with Gasteiger partial charge in [0.05, 0.1) is 6.42 Å². The lowest BCUT2D eigenvalue weighted by molar-refractivity contribution is -0.138. The molecule has 3 aromatic carbocycles. The fourth-order valence-electron chi connectivity index (χ4n) is 3.09. The molecule has 150 valence electrons. The molecule has 3 aromatic rings. The van der Waals surface area contributed by atoms with Crippen molar-refractivity contribution in [2.45, 2.75) is 25.9 Å². The number of rotatable bonds is 9. The quantitative estimate of drug-likeness (QED) is 0.572. The molecule has 0 bridgehead atoms.